The van der Waals surface area contributed by atoms with Gasteiger partial charge in [-0.15, -0.1) is 10.2 Å². The molecule has 0 saturated heterocycles. The molecule has 4 aromatic rings. The number of aryl methyl sites for hydroxylation is 2. The Labute approximate surface area is 181 Å². The van der Waals surface area contributed by atoms with Gasteiger partial charge in [0.15, 0.2) is 0 Å². The maximum Gasteiger partial charge on any atom is 0.143 e. The molecule has 4 aromatic carbocycles. The highest BCUT2D eigenvalue weighted by Gasteiger charge is 2.10. The van der Waals surface area contributed by atoms with E-state index in [1.165, 1.54) is 5.56 Å². The number of rotatable bonds is 4. The number of benzene rings is 4. The SMILES string of the molecule is Cc1cccc(N=Nc2c(C)ccc(N=Nc3c(O)ccc4ccccc34)c2C)c1C. The van der Waals surface area contributed by atoms with Gasteiger partial charge in [-0.05, 0) is 68.0 Å². The van der Waals surface area contributed by atoms with E-state index in [1.807, 2.05) is 75.4 Å². The zero-order valence-electron chi connectivity index (χ0n) is 18.1. The summed E-state index contributed by atoms with van der Waals surface area (Å²) < 4.78 is 0. The first-order chi connectivity index (χ1) is 15.0. The summed E-state index contributed by atoms with van der Waals surface area (Å²) in [5.74, 6) is 0.0991. The Bertz CT molecular complexity index is 1340. The molecule has 0 saturated carbocycles. The molecular formula is C26H24N4O. The predicted molar refractivity (Wildman–Crippen MR) is 126 cm³/mol. The van der Waals surface area contributed by atoms with Gasteiger partial charge in [-0.1, -0.05) is 48.5 Å². The fourth-order valence-corrected chi connectivity index (χ4v) is 3.49. The topological polar surface area (TPSA) is 69.7 Å². The summed E-state index contributed by atoms with van der Waals surface area (Å²) in [6.45, 7) is 8.07. The molecule has 0 fully saturated rings. The molecule has 0 aliphatic carbocycles. The number of aromatic hydroxyl groups is 1. The van der Waals surface area contributed by atoms with E-state index in [2.05, 4.69) is 33.4 Å². The van der Waals surface area contributed by atoms with Crippen LogP contribution in [0.1, 0.15) is 22.3 Å². The van der Waals surface area contributed by atoms with Gasteiger partial charge in [0.2, 0.25) is 0 Å². The summed E-state index contributed by atoms with van der Waals surface area (Å²) in [6.07, 6.45) is 0. The Morgan fingerprint density at radius 3 is 2.06 bits per heavy atom. The highest BCUT2D eigenvalue weighted by atomic mass is 16.3. The van der Waals surface area contributed by atoms with Crippen molar-refractivity contribution in [3.63, 3.8) is 0 Å². The van der Waals surface area contributed by atoms with Gasteiger partial charge >= 0.3 is 0 Å². The summed E-state index contributed by atoms with van der Waals surface area (Å²) in [6, 6.07) is 21.2. The van der Waals surface area contributed by atoms with Crippen molar-refractivity contribution >= 4 is 33.5 Å². The lowest BCUT2D eigenvalue weighted by molar-refractivity contribution is 0.477. The van der Waals surface area contributed by atoms with Crippen molar-refractivity contribution < 1.29 is 5.11 Å². The van der Waals surface area contributed by atoms with Crippen LogP contribution in [-0.4, -0.2) is 5.11 Å². The Kier molecular flexibility index (Phi) is 5.58. The molecule has 0 aliphatic heterocycles. The fourth-order valence-electron chi connectivity index (χ4n) is 3.49. The van der Waals surface area contributed by atoms with Crippen molar-refractivity contribution in [1.29, 1.82) is 0 Å². The molecule has 0 atom stereocenters. The van der Waals surface area contributed by atoms with Crippen molar-refractivity contribution in [2.24, 2.45) is 20.5 Å². The number of azo groups is 2. The molecule has 0 aliphatic rings. The molecular weight excluding hydrogens is 384 g/mol. The largest absolute Gasteiger partial charge is 0.506 e. The third-order valence-electron chi connectivity index (χ3n) is 5.57. The molecule has 1 N–H and O–H groups in total. The van der Waals surface area contributed by atoms with Crippen LogP contribution in [0.3, 0.4) is 0 Å². The molecule has 4 rings (SSSR count). The molecule has 31 heavy (non-hydrogen) atoms. The van der Waals surface area contributed by atoms with Crippen LogP contribution in [0.2, 0.25) is 0 Å². The molecule has 5 nitrogen and oxygen atoms in total. The quantitative estimate of drug-likeness (QED) is 0.337. The van der Waals surface area contributed by atoms with Gasteiger partial charge in [-0.25, -0.2) is 0 Å². The van der Waals surface area contributed by atoms with Crippen LogP contribution >= 0.6 is 0 Å². The van der Waals surface area contributed by atoms with Gasteiger partial charge < -0.3 is 5.11 Å². The summed E-state index contributed by atoms with van der Waals surface area (Å²) in [4.78, 5) is 0. The lowest BCUT2D eigenvalue weighted by Crippen LogP contribution is -1.82. The lowest BCUT2D eigenvalue weighted by atomic mass is 10.1. The highest BCUT2D eigenvalue weighted by molar-refractivity contribution is 5.95. The second kappa shape index (κ2) is 8.48. The van der Waals surface area contributed by atoms with Gasteiger partial charge in [-0.3, -0.25) is 0 Å². The maximum atomic E-state index is 10.3. The van der Waals surface area contributed by atoms with Crippen LogP contribution in [0.25, 0.3) is 10.8 Å². The van der Waals surface area contributed by atoms with Crippen LogP contribution in [0.4, 0.5) is 22.7 Å². The van der Waals surface area contributed by atoms with Crippen LogP contribution in [-0.2, 0) is 0 Å². The average molecular weight is 409 g/mol. The van der Waals surface area contributed by atoms with Gasteiger partial charge in [0.1, 0.15) is 11.4 Å². The monoisotopic (exact) mass is 408 g/mol. The minimum Gasteiger partial charge on any atom is -0.506 e. The van der Waals surface area contributed by atoms with E-state index in [4.69, 9.17) is 0 Å². The van der Waals surface area contributed by atoms with Crippen molar-refractivity contribution in [1.82, 2.24) is 0 Å². The van der Waals surface area contributed by atoms with E-state index in [1.54, 1.807) is 6.07 Å². The van der Waals surface area contributed by atoms with Crippen molar-refractivity contribution in [3.05, 3.63) is 89.0 Å². The number of hydrogen-bond acceptors (Lipinski definition) is 5. The normalized spacial score (nSPS) is 11.7. The van der Waals surface area contributed by atoms with Crippen LogP contribution < -0.4 is 0 Å². The molecule has 0 unspecified atom stereocenters. The zero-order valence-corrected chi connectivity index (χ0v) is 18.1. The van der Waals surface area contributed by atoms with E-state index < -0.39 is 0 Å². The zero-order chi connectivity index (χ0) is 22.0. The molecule has 0 amide bonds. The third-order valence-corrected chi connectivity index (χ3v) is 5.57. The number of phenolic OH excluding ortho intramolecular Hbond substituents is 1. The van der Waals surface area contributed by atoms with Crippen LogP contribution in [0.15, 0.2) is 87.2 Å². The van der Waals surface area contributed by atoms with Gasteiger partial charge in [0.05, 0.1) is 17.1 Å². The van der Waals surface area contributed by atoms with E-state index in [-0.39, 0.29) is 5.75 Å². The summed E-state index contributed by atoms with van der Waals surface area (Å²) >= 11 is 0. The first-order valence-electron chi connectivity index (χ1n) is 10.2. The molecule has 0 heterocycles. The third kappa shape index (κ3) is 4.08. The lowest BCUT2D eigenvalue weighted by Gasteiger charge is -2.08. The molecule has 0 radical (unpaired) electrons. The van der Waals surface area contributed by atoms with E-state index in [9.17, 15) is 5.11 Å². The number of phenols is 1. The molecule has 0 aromatic heterocycles. The van der Waals surface area contributed by atoms with Crippen LogP contribution in [0.5, 0.6) is 5.75 Å². The second-order valence-corrected chi connectivity index (χ2v) is 7.65. The Morgan fingerprint density at radius 1 is 0.548 bits per heavy atom. The highest BCUT2D eigenvalue weighted by Crippen LogP contribution is 2.38. The van der Waals surface area contributed by atoms with Crippen molar-refractivity contribution in [2.75, 3.05) is 0 Å². The smallest absolute Gasteiger partial charge is 0.143 e. The standard InChI is InChI=1S/C26H24N4O/c1-16-8-7-11-22(18(16)3)27-29-25-17(2)12-14-23(19(25)4)28-30-26-21-10-6-5-9-20(21)13-15-24(26)31/h5-15,31H,1-4H3. The number of hydrogen-bond donors (Lipinski definition) is 1. The second-order valence-electron chi connectivity index (χ2n) is 7.65. The predicted octanol–water partition coefficient (Wildman–Crippen LogP) is 8.61. The Balaban J connectivity index is 1.73. The first kappa shape index (κ1) is 20.4. The van der Waals surface area contributed by atoms with E-state index in [0.29, 0.717) is 11.4 Å². The minimum absolute atomic E-state index is 0.0991. The summed E-state index contributed by atoms with van der Waals surface area (Å²) in [5.41, 5.74) is 6.97. The van der Waals surface area contributed by atoms with Gasteiger partial charge in [0, 0.05) is 10.9 Å². The number of nitrogens with zero attached hydrogens (tertiary/aromatic N) is 4. The molecule has 154 valence electrons. The Hall–Kier alpha value is -3.86. The molecule has 0 spiro atoms. The van der Waals surface area contributed by atoms with Crippen molar-refractivity contribution in [2.45, 2.75) is 27.7 Å². The van der Waals surface area contributed by atoms with Gasteiger partial charge in [0.25, 0.3) is 0 Å². The van der Waals surface area contributed by atoms with E-state index >= 15 is 0 Å². The Morgan fingerprint density at radius 2 is 1.26 bits per heavy atom. The van der Waals surface area contributed by atoms with Crippen molar-refractivity contribution in [3.8, 4) is 5.75 Å². The summed E-state index contributed by atoms with van der Waals surface area (Å²) in [5, 5.41) is 30.0. The summed E-state index contributed by atoms with van der Waals surface area (Å²) in [7, 11) is 0. The maximum absolute atomic E-state index is 10.3. The van der Waals surface area contributed by atoms with E-state index in [0.717, 1.165) is 38.8 Å². The minimum atomic E-state index is 0.0991. The fraction of sp³-hybridized carbons (Fsp3) is 0.154. The van der Waals surface area contributed by atoms with Crippen LogP contribution in [0, 0.1) is 27.7 Å². The molecule has 5 heteroatoms. The van der Waals surface area contributed by atoms with Gasteiger partial charge in [-0.2, -0.15) is 10.2 Å². The average Bonchev–Trinajstić information content (AvgIpc) is 2.77. The number of fused-ring (bicyclic) bond motifs is 1. The molecule has 0 bridgehead atoms. The first-order valence-corrected chi connectivity index (χ1v) is 10.2.